The Hall–Kier alpha value is -2.24. The number of ketones is 1. The minimum absolute atomic E-state index is 0.0502. The second kappa shape index (κ2) is 5.17. The number of nitrogens with zero attached hydrogens (tertiary/aromatic N) is 1. The summed E-state index contributed by atoms with van der Waals surface area (Å²) in [6.07, 6.45) is -0.193. The van der Waals surface area contributed by atoms with Crippen molar-refractivity contribution in [2.45, 2.75) is 18.9 Å². The zero-order valence-electron chi connectivity index (χ0n) is 10.0. The van der Waals surface area contributed by atoms with Crippen LogP contribution in [0.25, 0.3) is 0 Å². The zero-order valence-corrected chi connectivity index (χ0v) is 10.0. The summed E-state index contributed by atoms with van der Waals surface area (Å²) < 4.78 is 12.8. The van der Waals surface area contributed by atoms with Crippen LogP contribution in [0.2, 0.25) is 0 Å². The molecule has 2 rings (SSSR count). The van der Waals surface area contributed by atoms with E-state index in [0.29, 0.717) is 5.56 Å². The lowest BCUT2D eigenvalue weighted by Gasteiger charge is -2.23. The van der Waals surface area contributed by atoms with E-state index in [9.17, 15) is 23.9 Å². The van der Waals surface area contributed by atoms with E-state index >= 15 is 0 Å². The van der Waals surface area contributed by atoms with E-state index in [4.69, 9.17) is 0 Å². The maximum absolute atomic E-state index is 12.8. The normalized spacial score (nSPS) is 16.8. The van der Waals surface area contributed by atoms with Gasteiger partial charge in [0.05, 0.1) is 13.0 Å². The molecule has 5 nitrogen and oxygen atoms in total. The van der Waals surface area contributed by atoms with E-state index in [0.717, 1.165) is 4.90 Å². The molecule has 100 valence electrons. The third-order valence-corrected chi connectivity index (χ3v) is 3.02. The topological polar surface area (TPSA) is 74.7 Å². The fraction of sp³-hybridized carbons (Fsp3) is 0.308. The van der Waals surface area contributed by atoms with E-state index < -0.39 is 23.7 Å². The molecule has 0 saturated carbocycles. The van der Waals surface area contributed by atoms with Crippen LogP contribution in [0.3, 0.4) is 0 Å². The van der Waals surface area contributed by atoms with Crippen molar-refractivity contribution in [1.29, 1.82) is 0 Å². The molecule has 0 radical (unpaired) electrons. The summed E-state index contributed by atoms with van der Waals surface area (Å²) in [5.74, 6) is -2.34. The van der Waals surface area contributed by atoms with Crippen LogP contribution in [-0.4, -0.2) is 40.3 Å². The van der Waals surface area contributed by atoms with Crippen molar-refractivity contribution in [3.63, 3.8) is 0 Å². The SMILES string of the molecule is O=C1CC(=O)N(C(Cc2ccc(F)cc2)C(=O)O)C1. The highest BCUT2D eigenvalue weighted by molar-refractivity contribution is 6.06. The summed E-state index contributed by atoms with van der Waals surface area (Å²) in [6.45, 7) is -0.170. The van der Waals surface area contributed by atoms with Gasteiger partial charge in [0, 0.05) is 6.42 Å². The van der Waals surface area contributed by atoms with Gasteiger partial charge in [-0.05, 0) is 17.7 Å². The fourth-order valence-corrected chi connectivity index (χ4v) is 2.06. The molecular formula is C13H12FNO4. The summed E-state index contributed by atoms with van der Waals surface area (Å²) in [5.41, 5.74) is 0.598. The van der Waals surface area contributed by atoms with Crippen LogP contribution in [-0.2, 0) is 20.8 Å². The largest absolute Gasteiger partial charge is 0.480 e. The molecule has 1 aromatic rings. The summed E-state index contributed by atoms with van der Waals surface area (Å²) in [7, 11) is 0. The number of carboxylic acids is 1. The Morgan fingerprint density at radius 3 is 2.42 bits per heavy atom. The summed E-state index contributed by atoms with van der Waals surface area (Å²) >= 11 is 0. The number of carbonyl (C=O) groups excluding carboxylic acids is 2. The number of rotatable bonds is 4. The predicted molar refractivity (Wildman–Crippen MR) is 62.9 cm³/mol. The molecule has 1 atom stereocenters. The number of benzene rings is 1. The first-order valence-electron chi connectivity index (χ1n) is 5.76. The number of amides is 1. The second-order valence-electron chi connectivity index (χ2n) is 4.42. The maximum Gasteiger partial charge on any atom is 0.326 e. The highest BCUT2D eigenvalue weighted by Gasteiger charge is 2.36. The van der Waals surface area contributed by atoms with Gasteiger partial charge in [-0.25, -0.2) is 9.18 Å². The van der Waals surface area contributed by atoms with Gasteiger partial charge in [-0.1, -0.05) is 12.1 Å². The molecule has 1 aliphatic heterocycles. The average Bonchev–Trinajstić information content (AvgIpc) is 2.67. The highest BCUT2D eigenvalue weighted by Crippen LogP contribution is 2.16. The standard InChI is InChI=1S/C13H12FNO4/c14-9-3-1-8(2-4-9)5-11(13(18)19)15-7-10(16)6-12(15)17/h1-4,11H,5-7H2,(H,18,19). The lowest BCUT2D eigenvalue weighted by molar-refractivity contribution is -0.148. The Bertz CT molecular complexity index is 526. The van der Waals surface area contributed by atoms with Crippen LogP contribution in [0.1, 0.15) is 12.0 Å². The number of Topliss-reactive ketones (excluding diaryl/α,β-unsaturated/α-hetero) is 1. The van der Waals surface area contributed by atoms with Gasteiger partial charge in [0.25, 0.3) is 0 Å². The molecule has 1 amide bonds. The molecule has 1 aliphatic rings. The molecule has 0 aromatic heterocycles. The van der Waals surface area contributed by atoms with Crippen molar-refractivity contribution in [3.8, 4) is 0 Å². The molecule has 1 saturated heterocycles. The summed E-state index contributed by atoms with van der Waals surface area (Å²) in [4.78, 5) is 35.0. The van der Waals surface area contributed by atoms with E-state index in [-0.39, 0.29) is 25.2 Å². The minimum atomic E-state index is -1.17. The van der Waals surface area contributed by atoms with Gasteiger partial charge in [-0.15, -0.1) is 0 Å². The van der Waals surface area contributed by atoms with E-state index in [2.05, 4.69) is 0 Å². The quantitative estimate of drug-likeness (QED) is 0.810. The molecule has 1 aromatic carbocycles. The number of hydrogen-bond acceptors (Lipinski definition) is 3. The van der Waals surface area contributed by atoms with Crippen LogP contribution in [0.15, 0.2) is 24.3 Å². The summed E-state index contributed by atoms with van der Waals surface area (Å²) in [5, 5.41) is 9.17. The Labute approximate surface area is 108 Å². The van der Waals surface area contributed by atoms with E-state index in [1.54, 1.807) is 0 Å². The van der Waals surface area contributed by atoms with Crippen molar-refractivity contribution >= 4 is 17.7 Å². The van der Waals surface area contributed by atoms with Crippen LogP contribution < -0.4 is 0 Å². The minimum Gasteiger partial charge on any atom is -0.480 e. The second-order valence-corrected chi connectivity index (χ2v) is 4.42. The molecular weight excluding hydrogens is 253 g/mol. The van der Waals surface area contributed by atoms with Gasteiger partial charge in [0.1, 0.15) is 11.9 Å². The molecule has 1 N–H and O–H groups in total. The van der Waals surface area contributed by atoms with E-state index in [1.807, 2.05) is 0 Å². The number of halogens is 1. The lowest BCUT2D eigenvalue weighted by atomic mass is 10.0. The first kappa shape index (κ1) is 13.2. The molecule has 1 unspecified atom stereocenters. The number of hydrogen-bond donors (Lipinski definition) is 1. The van der Waals surface area contributed by atoms with Crippen molar-refractivity contribution in [3.05, 3.63) is 35.6 Å². The number of carbonyl (C=O) groups is 3. The number of carboxylic acid groups (broad SMARTS) is 1. The Morgan fingerprint density at radius 1 is 1.32 bits per heavy atom. The van der Waals surface area contributed by atoms with Crippen molar-refractivity contribution in [2.75, 3.05) is 6.54 Å². The molecule has 1 heterocycles. The van der Waals surface area contributed by atoms with Crippen LogP contribution in [0.5, 0.6) is 0 Å². The zero-order chi connectivity index (χ0) is 14.0. The third kappa shape index (κ3) is 2.96. The van der Waals surface area contributed by atoms with Gasteiger partial charge < -0.3 is 10.0 Å². The van der Waals surface area contributed by atoms with Gasteiger partial charge in [-0.2, -0.15) is 0 Å². The Kier molecular flexibility index (Phi) is 3.59. The molecule has 0 spiro atoms. The van der Waals surface area contributed by atoms with Gasteiger partial charge >= 0.3 is 5.97 Å². The van der Waals surface area contributed by atoms with Crippen molar-refractivity contribution in [2.24, 2.45) is 0 Å². The molecule has 1 fully saturated rings. The number of likely N-dealkylation sites (tertiary alicyclic amines) is 1. The smallest absolute Gasteiger partial charge is 0.326 e. The Morgan fingerprint density at radius 2 is 1.95 bits per heavy atom. The van der Waals surface area contributed by atoms with Crippen LogP contribution in [0.4, 0.5) is 4.39 Å². The average molecular weight is 265 g/mol. The summed E-state index contributed by atoms with van der Waals surface area (Å²) in [6, 6.07) is 4.29. The monoisotopic (exact) mass is 265 g/mol. The molecule has 0 bridgehead atoms. The molecule has 19 heavy (non-hydrogen) atoms. The van der Waals surface area contributed by atoms with Crippen LogP contribution in [0, 0.1) is 5.82 Å². The van der Waals surface area contributed by atoms with Gasteiger partial charge in [0.2, 0.25) is 5.91 Å². The first-order valence-corrected chi connectivity index (χ1v) is 5.76. The van der Waals surface area contributed by atoms with E-state index in [1.165, 1.54) is 24.3 Å². The van der Waals surface area contributed by atoms with Crippen molar-refractivity contribution < 1.29 is 23.9 Å². The predicted octanol–water partition coefficient (Wildman–Crippen LogP) is 0.623. The van der Waals surface area contributed by atoms with Gasteiger partial charge in [0.15, 0.2) is 5.78 Å². The van der Waals surface area contributed by atoms with Gasteiger partial charge in [-0.3, -0.25) is 9.59 Å². The first-order chi connectivity index (χ1) is 8.97. The molecule has 0 aliphatic carbocycles. The maximum atomic E-state index is 12.8. The van der Waals surface area contributed by atoms with Crippen molar-refractivity contribution in [1.82, 2.24) is 4.90 Å². The number of aliphatic carboxylic acids is 1. The molecule has 6 heteroatoms. The Balaban J connectivity index is 2.17. The van der Waals surface area contributed by atoms with Crippen LogP contribution >= 0.6 is 0 Å². The fourth-order valence-electron chi connectivity index (χ4n) is 2.06. The lowest BCUT2D eigenvalue weighted by Crippen LogP contribution is -2.43. The third-order valence-electron chi connectivity index (χ3n) is 3.02. The highest BCUT2D eigenvalue weighted by atomic mass is 19.1.